The third-order valence-electron chi connectivity index (χ3n) is 4.17. The first-order valence-corrected chi connectivity index (χ1v) is 8.81. The van der Waals surface area contributed by atoms with Gasteiger partial charge in [-0.05, 0) is 49.8 Å². The van der Waals surface area contributed by atoms with Crippen LogP contribution in [0.15, 0.2) is 34.4 Å². The lowest BCUT2D eigenvalue weighted by atomic mass is 9.84. The van der Waals surface area contributed by atoms with E-state index >= 15 is 0 Å². The number of benzene rings is 1. The number of carbonyl (C=O) groups excluding carboxylic acids is 1. The number of amides is 1. The van der Waals surface area contributed by atoms with Crippen molar-refractivity contribution < 1.29 is 4.79 Å². The van der Waals surface area contributed by atoms with Crippen molar-refractivity contribution in [1.82, 2.24) is 5.32 Å². The normalized spacial score (nSPS) is 18.4. The van der Waals surface area contributed by atoms with E-state index in [0.717, 1.165) is 17.0 Å². The van der Waals surface area contributed by atoms with Gasteiger partial charge in [0.05, 0.1) is 5.03 Å². The zero-order valence-corrected chi connectivity index (χ0v) is 15.4. The highest BCUT2D eigenvalue weighted by atomic mass is 32.2. The molecule has 0 radical (unpaired) electrons. The summed E-state index contributed by atoms with van der Waals surface area (Å²) in [5.74, 6) is 0.464. The molecule has 0 aromatic heterocycles. The Morgan fingerprint density at radius 3 is 2.65 bits per heavy atom. The number of fused-ring (bicyclic) bond motifs is 1. The first-order chi connectivity index (χ1) is 10.8. The molecule has 0 aliphatic heterocycles. The van der Waals surface area contributed by atoms with E-state index in [9.17, 15) is 4.79 Å². The number of aryl methyl sites for hydroxylation is 1. The molecule has 1 aliphatic carbocycles. The van der Waals surface area contributed by atoms with Crippen molar-refractivity contribution in [3.63, 3.8) is 0 Å². The van der Waals surface area contributed by atoms with Gasteiger partial charge in [-0.2, -0.15) is 0 Å². The molecule has 0 saturated heterocycles. The van der Waals surface area contributed by atoms with Crippen molar-refractivity contribution >= 4 is 22.6 Å². The summed E-state index contributed by atoms with van der Waals surface area (Å²) < 4.78 is 0. The van der Waals surface area contributed by atoms with Gasteiger partial charge in [-0.15, -0.1) is 0 Å². The molecule has 1 atom stereocenters. The van der Waals surface area contributed by atoms with Gasteiger partial charge >= 0.3 is 0 Å². The van der Waals surface area contributed by atoms with Crippen LogP contribution in [0.4, 0.5) is 0 Å². The van der Waals surface area contributed by atoms with Gasteiger partial charge in [0, 0.05) is 18.4 Å². The monoisotopic (exact) mass is 330 g/mol. The molecule has 2 rings (SSSR count). The average Bonchev–Trinajstić information content (AvgIpc) is 2.48. The second kappa shape index (κ2) is 7.37. The van der Waals surface area contributed by atoms with E-state index < -0.39 is 0 Å². The standard InChI is InChI=1S/C19H26N2OS/c1-11-6-7-16-12(2)9-13(3)18(17(16)8-11)23-19(14(4)10-20)21-15(5)22/h6-8,12H,9-10,20H2,1-5H3,(H,21,22)/b19-14+. The van der Waals surface area contributed by atoms with Crippen LogP contribution in [0, 0.1) is 6.92 Å². The Hall–Kier alpha value is -1.52. The molecular weight excluding hydrogens is 304 g/mol. The fourth-order valence-corrected chi connectivity index (χ4v) is 4.11. The van der Waals surface area contributed by atoms with Gasteiger partial charge in [0.15, 0.2) is 0 Å². The minimum absolute atomic E-state index is 0.0628. The van der Waals surface area contributed by atoms with Gasteiger partial charge in [-0.3, -0.25) is 4.79 Å². The summed E-state index contributed by atoms with van der Waals surface area (Å²) in [7, 11) is 0. The van der Waals surface area contributed by atoms with E-state index in [1.165, 1.54) is 34.1 Å². The minimum Gasteiger partial charge on any atom is -0.327 e. The summed E-state index contributed by atoms with van der Waals surface area (Å²) in [4.78, 5) is 12.8. The Kier molecular flexibility index (Phi) is 5.71. The van der Waals surface area contributed by atoms with Crippen molar-refractivity contribution in [2.45, 2.75) is 47.0 Å². The van der Waals surface area contributed by atoms with Gasteiger partial charge in [-0.1, -0.05) is 48.0 Å². The molecular formula is C19H26N2OS. The summed E-state index contributed by atoms with van der Waals surface area (Å²) in [5.41, 5.74) is 12.1. The first-order valence-electron chi connectivity index (χ1n) is 7.99. The molecule has 1 aromatic carbocycles. The van der Waals surface area contributed by atoms with Crippen molar-refractivity contribution in [1.29, 1.82) is 0 Å². The highest BCUT2D eigenvalue weighted by molar-refractivity contribution is 8.11. The smallest absolute Gasteiger partial charge is 0.221 e. The fraction of sp³-hybridized carbons (Fsp3) is 0.421. The van der Waals surface area contributed by atoms with Crippen LogP contribution in [0.1, 0.15) is 56.7 Å². The topological polar surface area (TPSA) is 55.1 Å². The SMILES string of the molecule is CC(=O)N/C(SC1=C(C)CC(C)c2ccc(C)cc21)=C(/C)CN. The number of allylic oxidation sites excluding steroid dienone is 1. The van der Waals surface area contributed by atoms with Crippen LogP contribution in [-0.4, -0.2) is 12.5 Å². The molecule has 4 heteroatoms. The quantitative estimate of drug-likeness (QED) is 0.866. The summed E-state index contributed by atoms with van der Waals surface area (Å²) in [6, 6.07) is 6.66. The first kappa shape index (κ1) is 17.8. The lowest BCUT2D eigenvalue weighted by molar-refractivity contribution is -0.118. The summed E-state index contributed by atoms with van der Waals surface area (Å²) in [6.45, 7) is 10.5. The van der Waals surface area contributed by atoms with E-state index in [1.807, 2.05) is 6.92 Å². The molecule has 0 fully saturated rings. The predicted octanol–water partition coefficient (Wildman–Crippen LogP) is 4.29. The summed E-state index contributed by atoms with van der Waals surface area (Å²) >= 11 is 1.64. The molecule has 124 valence electrons. The highest BCUT2D eigenvalue weighted by Crippen LogP contribution is 2.46. The zero-order chi connectivity index (χ0) is 17.1. The molecule has 3 nitrogen and oxygen atoms in total. The largest absolute Gasteiger partial charge is 0.327 e. The second-order valence-electron chi connectivity index (χ2n) is 6.40. The molecule has 1 aromatic rings. The number of hydrogen-bond donors (Lipinski definition) is 2. The van der Waals surface area contributed by atoms with Gasteiger partial charge in [-0.25, -0.2) is 0 Å². The second-order valence-corrected chi connectivity index (χ2v) is 7.42. The fourth-order valence-electron chi connectivity index (χ4n) is 2.90. The minimum atomic E-state index is -0.0628. The number of rotatable bonds is 4. The molecule has 23 heavy (non-hydrogen) atoms. The van der Waals surface area contributed by atoms with Crippen LogP contribution < -0.4 is 11.1 Å². The maximum absolute atomic E-state index is 11.5. The molecule has 1 unspecified atom stereocenters. The molecule has 0 spiro atoms. The lowest BCUT2D eigenvalue weighted by Crippen LogP contribution is -2.21. The lowest BCUT2D eigenvalue weighted by Gasteiger charge is -2.27. The third-order valence-corrected chi connectivity index (χ3v) is 5.60. The average molecular weight is 330 g/mol. The van der Waals surface area contributed by atoms with Crippen LogP contribution in [0.25, 0.3) is 4.91 Å². The van der Waals surface area contributed by atoms with Crippen molar-refractivity contribution in [3.05, 3.63) is 51.1 Å². The molecule has 3 N–H and O–H groups in total. The number of thioether (sulfide) groups is 1. The van der Waals surface area contributed by atoms with Gasteiger partial charge in [0.2, 0.25) is 5.91 Å². The molecule has 1 aliphatic rings. The Bertz CT molecular complexity index is 689. The van der Waals surface area contributed by atoms with Crippen LogP contribution in [-0.2, 0) is 4.79 Å². The highest BCUT2D eigenvalue weighted by Gasteiger charge is 2.24. The number of carbonyl (C=O) groups is 1. The van der Waals surface area contributed by atoms with Crippen LogP contribution in [0.2, 0.25) is 0 Å². The molecule has 0 bridgehead atoms. The molecule has 0 heterocycles. The Morgan fingerprint density at radius 2 is 2.04 bits per heavy atom. The van der Waals surface area contributed by atoms with E-state index in [0.29, 0.717) is 12.5 Å². The Morgan fingerprint density at radius 1 is 1.35 bits per heavy atom. The molecule has 1 amide bonds. The summed E-state index contributed by atoms with van der Waals surface area (Å²) in [5, 5.41) is 3.80. The Balaban J connectivity index is 2.47. The zero-order valence-electron chi connectivity index (χ0n) is 14.6. The van der Waals surface area contributed by atoms with E-state index in [1.54, 1.807) is 11.8 Å². The van der Waals surface area contributed by atoms with E-state index in [4.69, 9.17) is 5.73 Å². The van der Waals surface area contributed by atoms with Crippen molar-refractivity contribution in [3.8, 4) is 0 Å². The summed E-state index contributed by atoms with van der Waals surface area (Å²) in [6.07, 6.45) is 1.05. The Labute approximate surface area is 143 Å². The van der Waals surface area contributed by atoms with Gasteiger partial charge in [0.25, 0.3) is 0 Å². The molecule has 0 saturated carbocycles. The van der Waals surface area contributed by atoms with Gasteiger partial charge in [0.1, 0.15) is 0 Å². The van der Waals surface area contributed by atoms with Crippen molar-refractivity contribution in [2.75, 3.05) is 6.54 Å². The van der Waals surface area contributed by atoms with Crippen LogP contribution in [0.5, 0.6) is 0 Å². The maximum atomic E-state index is 11.5. The van der Waals surface area contributed by atoms with Crippen molar-refractivity contribution in [2.24, 2.45) is 5.73 Å². The number of nitrogens with one attached hydrogen (secondary N) is 1. The van der Waals surface area contributed by atoms with Gasteiger partial charge < -0.3 is 11.1 Å². The maximum Gasteiger partial charge on any atom is 0.221 e. The van der Waals surface area contributed by atoms with Crippen LogP contribution >= 0.6 is 11.8 Å². The van der Waals surface area contributed by atoms with Crippen LogP contribution in [0.3, 0.4) is 0 Å². The number of hydrogen-bond acceptors (Lipinski definition) is 3. The van der Waals surface area contributed by atoms with E-state index in [-0.39, 0.29) is 5.91 Å². The number of nitrogens with two attached hydrogens (primary N) is 1. The third kappa shape index (κ3) is 4.06. The predicted molar refractivity (Wildman–Crippen MR) is 100.0 cm³/mol. The van der Waals surface area contributed by atoms with E-state index in [2.05, 4.69) is 44.3 Å².